The molecule has 0 spiro atoms. The molecule has 1 saturated heterocycles. The highest BCUT2D eigenvalue weighted by Crippen LogP contribution is 2.34. The van der Waals surface area contributed by atoms with Crippen LogP contribution < -0.4 is 0 Å². The van der Waals surface area contributed by atoms with Crippen molar-refractivity contribution in [1.82, 2.24) is 4.31 Å². The van der Waals surface area contributed by atoms with E-state index in [0.29, 0.717) is 10.8 Å². The summed E-state index contributed by atoms with van der Waals surface area (Å²) in [4.78, 5) is 0. The summed E-state index contributed by atoms with van der Waals surface area (Å²) in [6.07, 6.45) is 1.55. The molecule has 0 aliphatic carbocycles. The molecular weight excluding hydrogens is 326 g/mol. The number of aryl methyl sites for hydroxylation is 1. The van der Waals surface area contributed by atoms with Gasteiger partial charge in [-0.05, 0) is 47.3 Å². The first-order valence-corrected chi connectivity index (χ1v) is 8.40. The van der Waals surface area contributed by atoms with Crippen LogP contribution in [0.2, 0.25) is 0 Å². The fourth-order valence-electron chi connectivity index (χ4n) is 1.98. The van der Waals surface area contributed by atoms with Crippen LogP contribution in [0.5, 0.6) is 0 Å². The number of thiophene rings is 1. The van der Waals surface area contributed by atoms with Gasteiger partial charge in [-0.2, -0.15) is 4.31 Å². The molecule has 2 rings (SSSR count). The summed E-state index contributed by atoms with van der Waals surface area (Å²) >= 11 is 4.56. The summed E-state index contributed by atoms with van der Waals surface area (Å²) in [7, 11) is -3.44. The van der Waals surface area contributed by atoms with Crippen LogP contribution in [-0.2, 0) is 10.0 Å². The highest BCUT2D eigenvalue weighted by molar-refractivity contribution is 9.11. The average Bonchev–Trinajstić information content (AvgIpc) is 2.86. The molecule has 7 heteroatoms. The molecule has 17 heavy (non-hydrogen) atoms. The number of aliphatic hydroxyl groups is 1. The minimum Gasteiger partial charge on any atom is -0.395 e. The average molecular weight is 340 g/mol. The van der Waals surface area contributed by atoms with Crippen molar-refractivity contribution in [3.05, 3.63) is 15.4 Å². The topological polar surface area (TPSA) is 57.6 Å². The molecule has 2 heterocycles. The fraction of sp³-hybridized carbons (Fsp3) is 0.600. The van der Waals surface area contributed by atoms with Gasteiger partial charge in [0.05, 0.1) is 10.4 Å². The summed E-state index contributed by atoms with van der Waals surface area (Å²) in [5.74, 6) is 0. The van der Waals surface area contributed by atoms with Crippen molar-refractivity contribution in [2.75, 3.05) is 13.2 Å². The van der Waals surface area contributed by atoms with Gasteiger partial charge in [0.2, 0.25) is 0 Å². The van der Waals surface area contributed by atoms with Gasteiger partial charge >= 0.3 is 0 Å². The molecule has 0 bridgehead atoms. The molecule has 0 amide bonds. The number of nitrogens with zero attached hydrogens (tertiary/aromatic N) is 1. The maximum Gasteiger partial charge on any atom is 0.252 e. The van der Waals surface area contributed by atoms with Crippen molar-refractivity contribution in [2.45, 2.75) is 30.0 Å². The molecule has 1 unspecified atom stereocenters. The van der Waals surface area contributed by atoms with E-state index >= 15 is 0 Å². The Hall–Kier alpha value is 0.0500. The molecule has 0 radical (unpaired) electrons. The van der Waals surface area contributed by atoms with Crippen molar-refractivity contribution < 1.29 is 13.5 Å². The summed E-state index contributed by atoms with van der Waals surface area (Å²) in [6.45, 7) is 2.26. The van der Waals surface area contributed by atoms with Crippen LogP contribution in [0.3, 0.4) is 0 Å². The Morgan fingerprint density at radius 3 is 2.88 bits per heavy atom. The lowest BCUT2D eigenvalue weighted by atomic mass is 10.2. The zero-order chi connectivity index (χ0) is 12.6. The van der Waals surface area contributed by atoms with E-state index in [4.69, 9.17) is 0 Å². The van der Waals surface area contributed by atoms with Crippen molar-refractivity contribution in [2.24, 2.45) is 0 Å². The predicted octanol–water partition coefficient (Wildman–Crippen LogP) is 1.96. The van der Waals surface area contributed by atoms with Gasteiger partial charge in [-0.25, -0.2) is 8.42 Å². The van der Waals surface area contributed by atoms with Crippen molar-refractivity contribution >= 4 is 37.3 Å². The first kappa shape index (κ1) is 13.5. The lowest BCUT2D eigenvalue weighted by molar-refractivity contribution is 0.213. The van der Waals surface area contributed by atoms with Gasteiger partial charge in [0.15, 0.2) is 0 Å². The van der Waals surface area contributed by atoms with E-state index in [2.05, 4.69) is 15.9 Å². The minimum absolute atomic E-state index is 0.106. The Kier molecular flexibility index (Phi) is 3.94. The maximum absolute atomic E-state index is 12.4. The van der Waals surface area contributed by atoms with Crippen LogP contribution in [0, 0.1) is 6.92 Å². The first-order valence-electron chi connectivity index (χ1n) is 5.35. The standard InChI is InChI=1S/C10H14BrNO3S2/c1-7-5-9(16-10(7)11)17(14,15)12-4-2-3-8(12)6-13/h5,8,13H,2-4,6H2,1H3. The largest absolute Gasteiger partial charge is 0.395 e. The smallest absolute Gasteiger partial charge is 0.252 e. The number of hydrogen-bond donors (Lipinski definition) is 1. The summed E-state index contributed by atoms with van der Waals surface area (Å²) in [5, 5.41) is 9.19. The molecule has 1 aromatic rings. The van der Waals surface area contributed by atoms with E-state index in [9.17, 15) is 13.5 Å². The Morgan fingerprint density at radius 1 is 1.65 bits per heavy atom. The maximum atomic E-state index is 12.4. The van der Waals surface area contributed by atoms with Crippen LogP contribution in [-0.4, -0.2) is 37.0 Å². The third-order valence-corrected chi connectivity index (χ3v) is 7.47. The molecule has 1 fully saturated rings. The van der Waals surface area contributed by atoms with E-state index < -0.39 is 10.0 Å². The molecule has 1 atom stereocenters. The molecule has 0 aromatic carbocycles. The molecule has 1 aromatic heterocycles. The number of rotatable bonds is 3. The number of sulfonamides is 1. The van der Waals surface area contributed by atoms with Crippen molar-refractivity contribution in [3.63, 3.8) is 0 Å². The Bertz CT molecular complexity index is 492. The third kappa shape index (κ3) is 2.44. The van der Waals surface area contributed by atoms with Gasteiger partial charge in [0.1, 0.15) is 4.21 Å². The molecule has 4 nitrogen and oxygen atoms in total. The summed E-state index contributed by atoms with van der Waals surface area (Å²) in [6, 6.07) is 1.41. The van der Waals surface area contributed by atoms with E-state index in [1.807, 2.05) is 6.92 Å². The zero-order valence-electron chi connectivity index (χ0n) is 9.39. The first-order chi connectivity index (χ1) is 7.96. The second kappa shape index (κ2) is 4.97. The quantitative estimate of drug-likeness (QED) is 0.915. The van der Waals surface area contributed by atoms with E-state index in [-0.39, 0.29) is 12.6 Å². The lowest BCUT2D eigenvalue weighted by Gasteiger charge is -2.21. The molecule has 1 aliphatic rings. The van der Waals surface area contributed by atoms with Crippen LogP contribution in [0.15, 0.2) is 14.1 Å². The van der Waals surface area contributed by atoms with Crippen LogP contribution in [0.1, 0.15) is 18.4 Å². The van der Waals surface area contributed by atoms with E-state index in [1.165, 1.54) is 15.6 Å². The van der Waals surface area contributed by atoms with E-state index in [0.717, 1.165) is 22.2 Å². The van der Waals surface area contributed by atoms with Crippen molar-refractivity contribution in [3.8, 4) is 0 Å². The Labute approximate surface area is 113 Å². The predicted molar refractivity (Wildman–Crippen MR) is 70.8 cm³/mol. The number of halogens is 1. The molecule has 96 valence electrons. The summed E-state index contributed by atoms with van der Waals surface area (Å²) < 4.78 is 27.4. The zero-order valence-corrected chi connectivity index (χ0v) is 12.6. The second-order valence-electron chi connectivity index (χ2n) is 4.12. The highest BCUT2D eigenvalue weighted by atomic mass is 79.9. The van der Waals surface area contributed by atoms with Crippen LogP contribution in [0.4, 0.5) is 0 Å². The summed E-state index contributed by atoms with van der Waals surface area (Å²) in [5.41, 5.74) is 0.924. The van der Waals surface area contributed by atoms with Crippen molar-refractivity contribution in [1.29, 1.82) is 0 Å². The molecule has 1 aliphatic heterocycles. The Balaban J connectivity index is 2.36. The number of hydrogen-bond acceptors (Lipinski definition) is 4. The van der Waals surface area contributed by atoms with Gasteiger partial charge in [-0.1, -0.05) is 0 Å². The second-order valence-corrected chi connectivity index (χ2v) is 8.60. The Morgan fingerprint density at radius 2 is 2.35 bits per heavy atom. The SMILES string of the molecule is Cc1cc(S(=O)(=O)N2CCCC2CO)sc1Br. The fourth-order valence-corrected chi connectivity index (χ4v) is 6.02. The van der Waals surface area contributed by atoms with E-state index in [1.54, 1.807) is 6.07 Å². The lowest BCUT2D eigenvalue weighted by Crippen LogP contribution is -2.37. The van der Waals surface area contributed by atoms with Crippen LogP contribution in [0.25, 0.3) is 0 Å². The molecule has 1 N–H and O–H groups in total. The van der Waals surface area contributed by atoms with Gasteiger partial charge in [0.25, 0.3) is 10.0 Å². The minimum atomic E-state index is -3.44. The van der Waals surface area contributed by atoms with Crippen LogP contribution >= 0.6 is 27.3 Å². The monoisotopic (exact) mass is 339 g/mol. The van der Waals surface area contributed by atoms with Gasteiger partial charge < -0.3 is 5.11 Å². The normalized spacial score (nSPS) is 22.2. The van der Waals surface area contributed by atoms with Gasteiger partial charge in [0, 0.05) is 12.6 Å². The van der Waals surface area contributed by atoms with Gasteiger partial charge in [-0.15, -0.1) is 11.3 Å². The molecule has 0 saturated carbocycles. The third-order valence-electron chi connectivity index (χ3n) is 2.93. The molecular formula is C10H14BrNO3S2. The number of aliphatic hydroxyl groups excluding tert-OH is 1. The highest BCUT2D eigenvalue weighted by Gasteiger charge is 2.35. The van der Waals surface area contributed by atoms with Gasteiger partial charge in [-0.3, -0.25) is 0 Å².